The van der Waals surface area contributed by atoms with Gasteiger partial charge in [-0.3, -0.25) is 14.3 Å². The van der Waals surface area contributed by atoms with E-state index < -0.39 is 37.1 Å². The highest BCUT2D eigenvalue weighted by Crippen LogP contribution is 2.26. The lowest BCUT2D eigenvalue weighted by Gasteiger charge is -2.29. The number of likely N-dealkylation sites (tertiary alicyclic amines) is 1. The maximum atomic E-state index is 13.0. The average molecular weight is 509 g/mol. The van der Waals surface area contributed by atoms with Crippen LogP contribution in [0.1, 0.15) is 52.6 Å². The minimum absolute atomic E-state index is 0.0923. The molecule has 1 fully saturated rings. The normalized spacial score (nSPS) is 19.1. The molecule has 2 amide bonds. The molecule has 1 aromatic heterocycles. The van der Waals surface area contributed by atoms with E-state index in [9.17, 15) is 28.6 Å². The SMILES string of the molecule is CC.CC(C)C(C)C(=O)N1CC(O)CC1C(=O)NC(CO)c1ccc(-c2ccnn2CC(F)F)cc1. The number of amides is 2. The van der Waals surface area contributed by atoms with Crippen molar-refractivity contribution in [3.63, 3.8) is 0 Å². The van der Waals surface area contributed by atoms with Crippen LogP contribution in [0.25, 0.3) is 11.3 Å². The fraction of sp³-hybridized carbons (Fsp3) is 0.577. The second kappa shape index (κ2) is 13.5. The van der Waals surface area contributed by atoms with Crippen molar-refractivity contribution >= 4 is 11.8 Å². The molecule has 0 saturated carbocycles. The number of aliphatic hydroxyl groups excluding tert-OH is 2. The predicted octanol–water partition coefficient (Wildman–Crippen LogP) is 3.24. The molecule has 0 radical (unpaired) electrons. The monoisotopic (exact) mass is 508 g/mol. The Bertz CT molecular complexity index is 981. The zero-order valence-electron chi connectivity index (χ0n) is 21.6. The number of alkyl halides is 2. The molecule has 4 unspecified atom stereocenters. The van der Waals surface area contributed by atoms with Crippen molar-refractivity contribution in [1.29, 1.82) is 0 Å². The first-order valence-corrected chi connectivity index (χ1v) is 12.4. The number of benzene rings is 1. The maximum absolute atomic E-state index is 13.0. The highest BCUT2D eigenvalue weighted by atomic mass is 19.3. The minimum atomic E-state index is -2.53. The second-order valence-electron chi connectivity index (χ2n) is 9.08. The Morgan fingerprint density at radius 3 is 2.33 bits per heavy atom. The third-order valence-corrected chi connectivity index (χ3v) is 6.39. The van der Waals surface area contributed by atoms with Crippen molar-refractivity contribution in [3.05, 3.63) is 42.1 Å². The largest absolute Gasteiger partial charge is 0.394 e. The van der Waals surface area contributed by atoms with Crippen LogP contribution in [0, 0.1) is 11.8 Å². The summed E-state index contributed by atoms with van der Waals surface area (Å²) in [5, 5.41) is 26.7. The number of nitrogens with zero attached hydrogens (tertiary/aromatic N) is 3. The van der Waals surface area contributed by atoms with Crippen LogP contribution >= 0.6 is 0 Å². The number of β-amino-alcohol motifs (C(OH)–C–C–N with tert-alkyl or cyclic N) is 1. The van der Waals surface area contributed by atoms with Gasteiger partial charge >= 0.3 is 0 Å². The van der Waals surface area contributed by atoms with Crippen LogP contribution < -0.4 is 5.32 Å². The zero-order valence-corrected chi connectivity index (χ0v) is 21.6. The maximum Gasteiger partial charge on any atom is 0.257 e. The standard InChI is InChI=1S/C24H32F2N4O4.C2H6/c1-14(2)15(3)24(34)29-11-18(32)10-21(29)23(33)28-19(13-31)16-4-6-17(7-5-16)20-8-9-27-30(20)12-22(25)26;1-2/h4-9,14-15,18-19,21-22,31-32H,10-13H2,1-3H3,(H,28,33);1-2H3. The summed E-state index contributed by atoms with van der Waals surface area (Å²) in [4.78, 5) is 27.3. The number of carbonyl (C=O) groups excluding carboxylic acids is 2. The van der Waals surface area contributed by atoms with Crippen LogP contribution in [-0.4, -0.2) is 68.4 Å². The summed E-state index contributed by atoms with van der Waals surface area (Å²) >= 11 is 0. The van der Waals surface area contributed by atoms with Gasteiger partial charge in [0, 0.05) is 25.1 Å². The summed E-state index contributed by atoms with van der Waals surface area (Å²) in [6.45, 7) is 8.86. The van der Waals surface area contributed by atoms with Crippen molar-refractivity contribution in [2.24, 2.45) is 11.8 Å². The van der Waals surface area contributed by atoms with Gasteiger partial charge in [-0.1, -0.05) is 58.9 Å². The number of aromatic nitrogens is 2. The summed E-state index contributed by atoms with van der Waals surface area (Å²) in [7, 11) is 0. The number of hydrogen-bond donors (Lipinski definition) is 3. The quantitative estimate of drug-likeness (QED) is 0.482. The lowest BCUT2D eigenvalue weighted by atomic mass is 9.96. The number of hydrogen-bond acceptors (Lipinski definition) is 5. The minimum Gasteiger partial charge on any atom is -0.394 e. The Morgan fingerprint density at radius 2 is 1.78 bits per heavy atom. The average Bonchev–Trinajstić information content (AvgIpc) is 3.48. The predicted molar refractivity (Wildman–Crippen MR) is 133 cm³/mol. The third-order valence-electron chi connectivity index (χ3n) is 6.39. The molecule has 2 heterocycles. The van der Waals surface area contributed by atoms with Crippen molar-refractivity contribution in [1.82, 2.24) is 20.0 Å². The van der Waals surface area contributed by atoms with Crippen LogP contribution in [0.3, 0.4) is 0 Å². The van der Waals surface area contributed by atoms with Crippen LogP contribution in [0.4, 0.5) is 8.78 Å². The Kier molecular flexibility index (Phi) is 11.0. The zero-order chi connectivity index (χ0) is 27.0. The Balaban J connectivity index is 0.00000222. The molecule has 4 atom stereocenters. The van der Waals surface area contributed by atoms with Gasteiger partial charge in [0.1, 0.15) is 12.6 Å². The first kappa shape index (κ1) is 29.4. The number of carbonyl (C=O) groups is 2. The molecule has 1 aliphatic heterocycles. The molecule has 0 aliphatic carbocycles. The van der Waals surface area contributed by atoms with Gasteiger partial charge in [-0.2, -0.15) is 5.10 Å². The second-order valence-corrected chi connectivity index (χ2v) is 9.08. The first-order chi connectivity index (χ1) is 17.1. The van der Waals surface area contributed by atoms with Crippen LogP contribution in [-0.2, 0) is 16.1 Å². The fourth-order valence-electron chi connectivity index (χ4n) is 4.10. The lowest BCUT2D eigenvalue weighted by Crippen LogP contribution is -2.49. The van der Waals surface area contributed by atoms with Crippen molar-refractivity contribution in [2.75, 3.05) is 13.2 Å². The summed E-state index contributed by atoms with van der Waals surface area (Å²) in [6, 6.07) is 6.90. The van der Waals surface area contributed by atoms with Crippen LogP contribution in [0.5, 0.6) is 0 Å². The molecule has 8 nitrogen and oxygen atoms in total. The van der Waals surface area contributed by atoms with Gasteiger partial charge < -0.3 is 20.4 Å². The first-order valence-electron chi connectivity index (χ1n) is 12.4. The number of aliphatic hydroxyl groups is 2. The molecule has 36 heavy (non-hydrogen) atoms. The van der Waals surface area contributed by atoms with Crippen LogP contribution in [0.15, 0.2) is 36.5 Å². The van der Waals surface area contributed by atoms with E-state index in [2.05, 4.69) is 10.4 Å². The lowest BCUT2D eigenvalue weighted by molar-refractivity contribution is -0.142. The molecule has 0 bridgehead atoms. The molecule has 1 saturated heterocycles. The van der Waals surface area contributed by atoms with Gasteiger partial charge in [0.05, 0.1) is 24.4 Å². The van der Waals surface area contributed by atoms with E-state index in [1.165, 1.54) is 15.8 Å². The molecule has 2 aromatic rings. The molecule has 10 heteroatoms. The number of rotatable bonds is 9. The number of halogens is 2. The van der Waals surface area contributed by atoms with Gasteiger partial charge in [-0.05, 0) is 23.1 Å². The molecule has 1 aromatic carbocycles. The van der Waals surface area contributed by atoms with E-state index >= 15 is 0 Å². The highest BCUT2D eigenvalue weighted by molar-refractivity contribution is 5.89. The molecule has 200 valence electrons. The molecule has 1 aliphatic rings. The third kappa shape index (κ3) is 7.10. The summed E-state index contributed by atoms with van der Waals surface area (Å²) in [5.74, 6) is -0.828. The van der Waals surface area contributed by atoms with E-state index in [1.54, 1.807) is 37.3 Å². The van der Waals surface area contributed by atoms with E-state index in [4.69, 9.17) is 0 Å². The molecular formula is C26H38F2N4O4. The molecule has 3 rings (SSSR count). The summed E-state index contributed by atoms with van der Waals surface area (Å²) in [5.41, 5.74) is 1.82. The fourth-order valence-corrected chi connectivity index (χ4v) is 4.10. The van der Waals surface area contributed by atoms with E-state index in [0.717, 1.165) is 0 Å². The van der Waals surface area contributed by atoms with Gasteiger partial charge in [-0.15, -0.1) is 0 Å². The van der Waals surface area contributed by atoms with Crippen molar-refractivity contribution < 1.29 is 28.6 Å². The van der Waals surface area contributed by atoms with Gasteiger partial charge in [0.2, 0.25) is 11.8 Å². The van der Waals surface area contributed by atoms with Crippen LogP contribution in [0.2, 0.25) is 0 Å². The highest BCUT2D eigenvalue weighted by Gasteiger charge is 2.41. The smallest absolute Gasteiger partial charge is 0.257 e. The topological polar surface area (TPSA) is 108 Å². The Labute approximate surface area is 211 Å². The van der Waals surface area contributed by atoms with Gasteiger partial charge in [0.15, 0.2) is 0 Å². The van der Waals surface area contributed by atoms with E-state index in [0.29, 0.717) is 16.8 Å². The summed E-state index contributed by atoms with van der Waals surface area (Å²) in [6.07, 6.45) is -1.74. The van der Waals surface area contributed by atoms with E-state index in [1.807, 2.05) is 27.7 Å². The molecule has 0 spiro atoms. The Hall–Kier alpha value is -2.85. The van der Waals surface area contributed by atoms with E-state index in [-0.39, 0.29) is 37.3 Å². The van der Waals surface area contributed by atoms with Crippen molar-refractivity contribution in [2.45, 2.75) is 72.2 Å². The molecular weight excluding hydrogens is 470 g/mol. The number of nitrogens with one attached hydrogen (secondary N) is 1. The summed E-state index contributed by atoms with van der Waals surface area (Å²) < 4.78 is 26.8. The van der Waals surface area contributed by atoms with Gasteiger partial charge in [0.25, 0.3) is 6.43 Å². The van der Waals surface area contributed by atoms with Crippen molar-refractivity contribution in [3.8, 4) is 11.3 Å². The van der Waals surface area contributed by atoms with Gasteiger partial charge in [-0.25, -0.2) is 8.78 Å². The molecule has 3 N–H and O–H groups in total. The Morgan fingerprint density at radius 1 is 1.14 bits per heavy atom.